The molecular weight excluding hydrogens is 639 g/mol. The number of nitrogens with zero attached hydrogens (tertiary/aromatic N) is 1. The molecule has 1 nitrogen and oxygen atoms in total. The smallest absolute Gasteiger partial charge is 0.0468 e. The topological polar surface area (TPSA) is 3.24 Å². The van der Waals surface area contributed by atoms with Crippen LogP contribution in [0.15, 0.2) is 200 Å². The summed E-state index contributed by atoms with van der Waals surface area (Å²) in [6.45, 7) is 4.78. The second kappa shape index (κ2) is 12.1. The summed E-state index contributed by atoms with van der Waals surface area (Å²) in [5.74, 6) is 0. The molecule has 8 aromatic rings. The van der Waals surface area contributed by atoms with E-state index in [0.717, 1.165) is 17.1 Å². The van der Waals surface area contributed by atoms with Crippen molar-refractivity contribution in [3.63, 3.8) is 0 Å². The van der Waals surface area contributed by atoms with Gasteiger partial charge < -0.3 is 4.90 Å². The summed E-state index contributed by atoms with van der Waals surface area (Å²) in [6, 6.07) is 73.8. The molecule has 1 heteroatoms. The van der Waals surface area contributed by atoms with Gasteiger partial charge in [0.15, 0.2) is 0 Å². The molecule has 0 aromatic heterocycles. The highest BCUT2D eigenvalue weighted by Gasteiger charge is 2.42. The van der Waals surface area contributed by atoms with Crippen molar-refractivity contribution in [1.29, 1.82) is 0 Å². The van der Waals surface area contributed by atoms with Crippen LogP contribution in [-0.2, 0) is 10.8 Å². The summed E-state index contributed by atoms with van der Waals surface area (Å²) in [4.78, 5) is 2.45. The second-order valence-electron chi connectivity index (χ2n) is 14.8. The molecule has 53 heavy (non-hydrogen) atoms. The van der Waals surface area contributed by atoms with Crippen LogP contribution < -0.4 is 4.90 Å². The molecule has 0 heterocycles. The van der Waals surface area contributed by atoms with Gasteiger partial charge in [-0.3, -0.25) is 0 Å². The highest BCUT2D eigenvalue weighted by molar-refractivity contribution is 5.90. The van der Waals surface area contributed by atoms with Crippen LogP contribution in [0.25, 0.3) is 33.4 Å². The molecule has 0 N–H and O–H groups in total. The fourth-order valence-corrected chi connectivity index (χ4v) is 9.29. The number of hydrogen-bond acceptors (Lipinski definition) is 1. The lowest BCUT2D eigenvalue weighted by Crippen LogP contribution is -2.23. The normalized spacial score (nSPS) is 17.8. The van der Waals surface area contributed by atoms with Crippen molar-refractivity contribution >= 4 is 17.1 Å². The maximum Gasteiger partial charge on any atom is 0.0468 e. The predicted molar refractivity (Wildman–Crippen MR) is 221 cm³/mol. The Balaban J connectivity index is 1.18. The molecule has 2 atom stereocenters. The van der Waals surface area contributed by atoms with E-state index < -0.39 is 0 Å². The summed E-state index contributed by atoms with van der Waals surface area (Å²) in [5.41, 5.74) is 18.5. The zero-order chi connectivity index (χ0) is 35.6. The highest BCUT2D eigenvalue weighted by atomic mass is 15.1. The van der Waals surface area contributed by atoms with Crippen molar-refractivity contribution in [2.75, 3.05) is 4.90 Å². The van der Waals surface area contributed by atoms with Gasteiger partial charge in [-0.1, -0.05) is 164 Å². The van der Waals surface area contributed by atoms with Gasteiger partial charge in [0.25, 0.3) is 0 Å². The zero-order valence-corrected chi connectivity index (χ0v) is 30.0. The molecule has 10 rings (SSSR count). The minimum Gasteiger partial charge on any atom is -0.310 e. The van der Waals surface area contributed by atoms with E-state index in [2.05, 4.69) is 219 Å². The Labute approximate surface area is 312 Å². The molecule has 0 bridgehead atoms. The minimum atomic E-state index is -0.291. The van der Waals surface area contributed by atoms with Gasteiger partial charge in [0.2, 0.25) is 0 Å². The summed E-state index contributed by atoms with van der Waals surface area (Å²) >= 11 is 0. The number of rotatable bonds is 6. The number of hydrogen-bond donors (Lipinski definition) is 0. The maximum atomic E-state index is 2.45. The Morgan fingerprint density at radius 3 is 1.34 bits per heavy atom. The number of anilines is 3. The Morgan fingerprint density at radius 2 is 0.717 bits per heavy atom. The third kappa shape index (κ3) is 4.70. The van der Waals surface area contributed by atoms with Crippen LogP contribution >= 0.6 is 0 Å². The Morgan fingerprint density at radius 1 is 0.302 bits per heavy atom. The average Bonchev–Trinajstić information content (AvgIpc) is 3.65. The molecule has 0 saturated heterocycles. The molecule has 8 aromatic carbocycles. The molecule has 2 unspecified atom stereocenters. The molecule has 0 aliphatic heterocycles. The highest BCUT2D eigenvalue weighted by Crippen LogP contribution is 2.56. The fraction of sp³-hybridized carbons (Fsp3) is 0.0769. The van der Waals surface area contributed by atoms with Gasteiger partial charge in [0.1, 0.15) is 0 Å². The van der Waals surface area contributed by atoms with E-state index in [9.17, 15) is 0 Å². The number of fused-ring (bicyclic) bond motifs is 6. The van der Waals surface area contributed by atoms with E-state index in [0.29, 0.717) is 0 Å². The lowest BCUT2D eigenvalue weighted by atomic mass is 9.74. The van der Waals surface area contributed by atoms with E-state index in [1.54, 1.807) is 0 Å². The summed E-state index contributed by atoms with van der Waals surface area (Å²) in [6.07, 6.45) is 0. The van der Waals surface area contributed by atoms with Crippen LogP contribution in [0.4, 0.5) is 17.1 Å². The SMILES string of the molecule is CC1(c2ccccc2)c2ccccc2-c2cc(N(c3ccc(-c4ccccc4)cc3)c3ccc4c(c3)C(C)(c3ccccc3)c3ccccc3-4)ccc21. The first-order chi connectivity index (χ1) is 26.0. The zero-order valence-electron chi connectivity index (χ0n) is 30.0. The predicted octanol–water partition coefficient (Wildman–Crippen LogP) is 13.5. The monoisotopic (exact) mass is 677 g/mol. The average molecular weight is 678 g/mol. The van der Waals surface area contributed by atoms with Crippen molar-refractivity contribution in [3.8, 4) is 33.4 Å². The molecular formula is C52H39N. The van der Waals surface area contributed by atoms with Crippen molar-refractivity contribution in [2.24, 2.45) is 0 Å². The van der Waals surface area contributed by atoms with Gasteiger partial charge >= 0.3 is 0 Å². The molecule has 2 aliphatic rings. The minimum absolute atomic E-state index is 0.245. The van der Waals surface area contributed by atoms with E-state index in [1.807, 2.05) is 0 Å². The molecule has 0 fully saturated rings. The summed E-state index contributed by atoms with van der Waals surface area (Å²) in [5, 5.41) is 0. The van der Waals surface area contributed by atoms with Crippen molar-refractivity contribution in [1.82, 2.24) is 0 Å². The van der Waals surface area contributed by atoms with Gasteiger partial charge in [-0.2, -0.15) is 0 Å². The summed E-state index contributed by atoms with van der Waals surface area (Å²) in [7, 11) is 0. The van der Waals surface area contributed by atoms with E-state index in [1.165, 1.54) is 66.8 Å². The third-order valence-electron chi connectivity index (χ3n) is 12.0. The molecule has 0 saturated carbocycles. The van der Waals surface area contributed by atoms with Crippen LogP contribution in [0.5, 0.6) is 0 Å². The first kappa shape index (κ1) is 31.3. The van der Waals surface area contributed by atoms with Crippen LogP contribution in [0.1, 0.15) is 47.2 Å². The maximum absolute atomic E-state index is 2.45. The van der Waals surface area contributed by atoms with E-state index >= 15 is 0 Å². The van der Waals surface area contributed by atoms with Crippen LogP contribution in [0.3, 0.4) is 0 Å². The largest absolute Gasteiger partial charge is 0.310 e. The van der Waals surface area contributed by atoms with Crippen LogP contribution in [0.2, 0.25) is 0 Å². The molecule has 252 valence electrons. The molecule has 0 radical (unpaired) electrons. The first-order valence-corrected chi connectivity index (χ1v) is 18.6. The van der Waals surface area contributed by atoms with Crippen molar-refractivity contribution in [2.45, 2.75) is 24.7 Å². The summed E-state index contributed by atoms with van der Waals surface area (Å²) < 4.78 is 0. The van der Waals surface area contributed by atoms with Gasteiger partial charge in [-0.25, -0.2) is 0 Å². The lowest BCUT2D eigenvalue weighted by molar-refractivity contribution is 0.713. The van der Waals surface area contributed by atoms with Gasteiger partial charge in [-0.15, -0.1) is 0 Å². The Bertz CT molecular complexity index is 2620. The van der Waals surface area contributed by atoms with Gasteiger partial charge in [-0.05, 0) is 117 Å². The fourth-order valence-electron chi connectivity index (χ4n) is 9.29. The quantitative estimate of drug-likeness (QED) is 0.169. The second-order valence-corrected chi connectivity index (χ2v) is 14.8. The Hall–Kier alpha value is -6.44. The molecule has 0 spiro atoms. The van der Waals surface area contributed by atoms with Crippen molar-refractivity contribution in [3.05, 3.63) is 234 Å². The molecule has 0 amide bonds. The standard InChI is InChI=1S/C52H39N/c1-51(38-18-8-4-9-19-38)48-25-15-13-23-44(48)46-34-41(31-33-49(46)51)53(40-28-26-37(27-29-40)36-16-6-3-7-17-36)42-30-32-45-43-22-12-14-24-47(43)52(2,50(45)35-42)39-20-10-5-11-21-39/h3-35H,1-2H3. The van der Waals surface area contributed by atoms with Gasteiger partial charge in [0, 0.05) is 27.9 Å². The van der Waals surface area contributed by atoms with E-state index in [-0.39, 0.29) is 10.8 Å². The molecule has 2 aliphatic carbocycles. The van der Waals surface area contributed by atoms with Crippen molar-refractivity contribution < 1.29 is 0 Å². The van der Waals surface area contributed by atoms with E-state index in [4.69, 9.17) is 0 Å². The van der Waals surface area contributed by atoms with Gasteiger partial charge in [0.05, 0.1) is 0 Å². The Kier molecular flexibility index (Phi) is 7.13. The third-order valence-corrected chi connectivity index (χ3v) is 12.0. The number of benzene rings is 8. The lowest BCUT2D eigenvalue weighted by Gasteiger charge is -2.31. The van der Waals surface area contributed by atoms with Crippen LogP contribution in [-0.4, -0.2) is 0 Å². The first-order valence-electron chi connectivity index (χ1n) is 18.6. The van der Waals surface area contributed by atoms with Crippen LogP contribution in [0, 0.1) is 0 Å².